The Bertz CT molecular complexity index is 660. The van der Waals surface area contributed by atoms with Crippen LogP contribution in [0.2, 0.25) is 0 Å². The van der Waals surface area contributed by atoms with Crippen molar-refractivity contribution in [2.45, 2.75) is 25.2 Å². The van der Waals surface area contributed by atoms with Crippen LogP contribution in [-0.2, 0) is 10.0 Å². The molecule has 2 rings (SSSR count). The number of carbonyl (C=O) groups excluding carboxylic acids is 1. The van der Waals surface area contributed by atoms with Crippen molar-refractivity contribution in [1.29, 1.82) is 0 Å². The second-order valence-corrected chi connectivity index (χ2v) is 7.24. The van der Waals surface area contributed by atoms with E-state index in [0.717, 1.165) is 24.6 Å². The van der Waals surface area contributed by atoms with E-state index < -0.39 is 21.7 Å². The number of sulfonamides is 1. The van der Waals surface area contributed by atoms with Crippen molar-refractivity contribution in [2.24, 2.45) is 17.0 Å². The van der Waals surface area contributed by atoms with Gasteiger partial charge in [0.2, 0.25) is 10.0 Å². The van der Waals surface area contributed by atoms with Gasteiger partial charge in [0.15, 0.2) is 0 Å². The van der Waals surface area contributed by atoms with Crippen LogP contribution in [0.15, 0.2) is 23.1 Å². The number of piperidine rings is 1. The second kappa shape index (κ2) is 5.73. The Morgan fingerprint density at radius 1 is 1.33 bits per heavy atom. The van der Waals surface area contributed by atoms with Crippen LogP contribution in [0.5, 0.6) is 0 Å². The summed E-state index contributed by atoms with van der Waals surface area (Å²) in [5.41, 5.74) is -0.247. The van der Waals surface area contributed by atoms with Gasteiger partial charge >= 0.3 is 0 Å². The highest BCUT2D eigenvalue weighted by molar-refractivity contribution is 7.89. The molecule has 2 N–H and O–H groups in total. The molecule has 1 fully saturated rings. The molecule has 2 unspecified atom stereocenters. The fraction of sp³-hybridized carbons (Fsp3) is 0.500. The van der Waals surface area contributed by atoms with Crippen LogP contribution in [-0.4, -0.2) is 32.3 Å². The Kier molecular flexibility index (Phi) is 4.34. The molecule has 5 nitrogen and oxygen atoms in total. The SMILES string of the molecule is CC1CCN(C(=O)c2cc(S(N)(=O)=O)ccc2F)CC1C. The summed E-state index contributed by atoms with van der Waals surface area (Å²) in [7, 11) is -3.96. The maximum absolute atomic E-state index is 13.9. The molecule has 1 heterocycles. The van der Waals surface area contributed by atoms with E-state index in [1.807, 2.05) is 6.92 Å². The number of primary sulfonamides is 1. The van der Waals surface area contributed by atoms with Crippen LogP contribution in [0.3, 0.4) is 0 Å². The minimum Gasteiger partial charge on any atom is -0.338 e. The second-order valence-electron chi connectivity index (χ2n) is 5.68. The summed E-state index contributed by atoms with van der Waals surface area (Å²) in [6.07, 6.45) is 0.851. The Labute approximate surface area is 124 Å². The first kappa shape index (κ1) is 15.9. The van der Waals surface area contributed by atoms with E-state index >= 15 is 0 Å². The summed E-state index contributed by atoms with van der Waals surface area (Å²) >= 11 is 0. The van der Waals surface area contributed by atoms with E-state index in [2.05, 4.69) is 6.92 Å². The summed E-state index contributed by atoms with van der Waals surface area (Å²) in [6.45, 7) is 5.25. The normalized spacial score (nSPS) is 23.1. The molecule has 0 aromatic heterocycles. The maximum atomic E-state index is 13.9. The minimum absolute atomic E-state index is 0.247. The van der Waals surface area contributed by atoms with Crippen LogP contribution in [0.25, 0.3) is 0 Å². The average molecular weight is 314 g/mol. The first-order chi connectivity index (χ1) is 9.70. The van der Waals surface area contributed by atoms with E-state index in [0.29, 0.717) is 24.9 Å². The van der Waals surface area contributed by atoms with Crippen LogP contribution in [0, 0.1) is 17.7 Å². The molecule has 2 atom stereocenters. The Morgan fingerprint density at radius 3 is 2.57 bits per heavy atom. The van der Waals surface area contributed by atoms with E-state index in [4.69, 9.17) is 5.14 Å². The first-order valence-corrected chi connectivity index (χ1v) is 8.36. The molecule has 1 saturated heterocycles. The minimum atomic E-state index is -3.96. The highest BCUT2D eigenvalue weighted by Crippen LogP contribution is 2.25. The molecule has 0 saturated carbocycles. The average Bonchev–Trinajstić information content (AvgIpc) is 2.40. The number of likely N-dealkylation sites (tertiary alicyclic amines) is 1. The lowest BCUT2D eigenvalue weighted by atomic mass is 9.88. The summed E-state index contributed by atoms with van der Waals surface area (Å²) in [5, 5.41) is 5.02. The van der Waals surface area contributed by atoms with Crippen LogP contribution >= 0.6 is 0 Å². The molecule has 1 aromatic carbocycles. The predicted octanol–water partition coefficient (Wildman–Crippen LogP) is 1.59. The Morgan fingerprint density at radius 2 is 2.00 bits per heavy atom. The third kappa shape index (κ3) is 3.41. The molecule has 0 bridgehead atoms. The molecule has 7 heteroatoms. The van der Waals surface area contributed by atoms with Gasteiger partial charge in [0, 0.05) is 13.1 Å². The fourth-order valence-electron chi connectivity index (χ4n) is 2.46. The lowest BCUT2D eigenvalue weighted by molar-refractivity contribution is 0.0622. The van der Waals surface area contributed by atoms with Crippen molar-refractivity contribution >= 4 is 15.9 Å². The maximum Gasteiger partial charge on any atom is 0.256 e. The van der Waals surface area contributed by atoms with Crippen molar-refractivity contribution in [3.8, 4) is 0 Å². The number of hydrogen-bond acceptors (Lipinski definition) is 3. The van der Waals surface area contributed by atoms with E-state index in [1.54, 1.807) is 4.90 Å². The molecular formula is C14H19FN2O3S. The molecule has 0 spiro atoms. The first-order valence-electron chi connectivity index (χ1n) is 6.81. The topological polar surface area (TPSA) is 80.5 Å². The van der Waals surface area contributed by atoms with Crippen molar-refractivity contribution in [2.75, 3.05) is 13.1 Å². The standard InChI is InChI=1S/C14H19FN2O3S/c1-9-5-6-17(8-10(9)2)14(18)12-7-11(21(16,19)20)3-4-13(12)15/h3-4,7,9-10H,5-6,8H2,1-2H3,(H2,16,19,20). The van der Waals surface area contributed by atoms with Crippen molar-refractivity contribution < 1.29 is 17.6 Å². The molecule has 21 heavy (non-hydrogen) atoms. The monoisotopic (exact) mass is 314 g/mol. The molecule has 0 radical (unpaired) electrons. The molecule has 116 valence electrons. The number of nitrogens with zero attached hydrogens (tertiary/aromatic N) is 1. The molecule has 1 aromatic rings. The number of hydrogen-bond donors (Lipinski definition) is 1. The van der Waals surface area contributed by atoms with E-state index in [-0.39, 0.29) is 10.5 Å². The number of amides is 1. The zero-order valence-electron chi connectivity index (χ0n) is 12.0. The van der Waals surface area contributed by atoms with Gasteiger partial charge in [-0.3, -0.25) is 4.79 Å². The molecular weight excluding hydrogens is 295 g/mol. The lowest BCUT2D eigenvalue weighted by Crippen LogP contribution is -2.42. The van der Waals surface area contributed by atoms with Gasteiger partial charge in [-0.15, -0.1) is 0 Å². The number of rotatable bonds is 2. The number of carbonyl (C=O) groups is 1. The molecule has 1 aliphatic rings. The van der Waals surface area contributed by atoms with Crippen molar-refractivity contribution in [3.05, 3.63) is 29.6 Å². The van der Waals surface area contributed by atoms with Gasteiger partial charge in [0.1, 0.15) is 5.82 Å². The third-order valence-electron chi connectivity index (χ3n) is 4.12. The number of halogens is 1. The molecule has 1 aliphatic heterocycles. The van der Waals surface area contributed by atoms with Gasteiger partial charge in [0.05, 0.1) is 10.5 Å². The highest BCUT2D eigenvalue weighted by atomic mass is 32.2. The zero-order chi connectivity index (χ0) is 15.8. The van der Waals surface area contributed by atoms with Crippen LogP contribution < -0.4 is 5.14 Å². The van der Waals surface area contributed by atoms with Gasteiger partial charge in [-0.25, -0.2) is 17.9 Å². The van der Waals surface area contributed by atoms with Crippen LogP contribution in [0.4, 0.5) is 4.39 Å². The van der Waals surface area contributed by atoms with E-state index in [1.165, 1.54) is 0 Å². The van der Waals surface area contributed by atoms with Crippen molar-refractivity contribution in [1.82, 2.24) is 4.90 Å². The third-order valence-corrected chi connectivity index (χ3v) is 5.03. The molecule has 0 aliphatic carbocycles. The van der Waals surface area contributed by atoms with Gasteiger partial charge in [-0.1, -0.05) is 13.8 Å². The quantitative estimate of drug-likeness (QED) is 0.900. The number of benzene rings is 1. The largest absolute Gasteiger partial charge is 0.338 e. The van der Waals surface area contributed by atoms with Gasteiger partial charge in [-0.05, 0) is 36.5 Å². The molecule has 1 amide bonds. The van der Waals surface area contributed by atoms with Gasteiger partial charge < -0.3 is 4.90 Å². The summed E-state index contributed by atoms with van der Waals surface area (Å²) < 4.78 is 36.5. The summed E-state index contributed by atoms with van der Waals surface area (Å²) in [6, 6.07) is 3.03. The highest BCUT2D eigenvalue weighted by Gasteiger charge is 2.28. The zero-order valence-corrected chi connectivity index (χ0v) is 12.9. The summed E-state index contributed by atoms with van der Waals surface area (Å²) in [4.78, 5) is 13.7. The smallest absolute Gasteiger partial charge is 0.256 e. The summed E-state index contributed by atoms with van der Waals surface area (Å²) in [5.74, 6) is -0.391. The fourth-order valence-corrected chi connectivity index (χ4v) is 3.00. The lowest BCUT2D eigenvalue weighted by Gasteiger charge is -2.35. The van der Waals surface area contributed by atoms with Gasteiger partial charge in [-0.2, -0.15) is 0 Å². The van der Waals surface area contributed by atoms with Crippen molar-refractivity contribution in [3.63, 3.8) is 0 Å². The van der Waals surface area contributed by atoms with Gasteiger partial charge in [0.25, 0.3) is 5.91 Å². The Hall–Kier alpha value is -1.47. The number of nitrogens with two attached hydrogens (primary N) is 1. The Balaban J connectivity index is 2.31. The predicted molar refractivity (Wildman–Crippen MR) is 76.6 cm³/mol. The van der Waals surface area contributed by atoms with E-state index in [9.17, 15) is 17.6 Å². The van der Waals surface area contributed by atoms with Crippen LogP contribution in [0.1, 0.15) is 30.6 Å².